The fourth-order valence-electron chi connectivity index (χ4n) is 14.1. The summed E-state index contributed by atoms with van der Waals surface area (Å²) in [7, 11) is -1.21. The van der Waals surface area contributed by atoms with Crippen LogP contribution in [0, 0.1) is 71.0 Å². The zero-order chi connectivity index (χ0) is 22.5. The van der Waals surface area contributed by atoms with Crippen LogP contribution in [0.25, 0.3) is 0 Å². The molecule has 7 rings (SSSR count). The van der Waals surface area contributed by atoms with Gasteiger partial charge in [-0.1, -0.05) is 78.3 Å². The lowest BCUT2D eigenvalue weighted by molar-refractivity contribution is 0.0244. The Morgan fingerprint density at radius 1 is 0.394 bits per heavy atom. The molecule has 33 heavy (non-hydrogen) atoms. The third-order valence-corrected chi connectivity index (χ3v) is 21.9. The topological polar surface area (TPSA) is 0 Å². The fraction of sp³-hybridized carbons (Fsp3) is 1.00. The molecule has 6 aliphatic carbocycles. The van der Waals surface area contributed by atoms with Gasteiger partial charge in [0.05, 0.1) is 8.07 Å². The van der Waals surface area contributed by atoms with E-state index < -0.39 is 8.07 Å². The van der Waals surface area contributed by atoms with Crippen molar-refractivity contribution in [3.05, 3.63) is 0 Å². The van der Waals surface area contributed by atoms with Crippen LogP contribution in [-0.4, -0.2) is 8.07 Å². The number of hydrogen-bond donors (Lipinski definition) is 0. The summed E-state index contributed by atoms with van der Waals surface area (Å²) < 4.78 is 0. The molecule has 0 N–H and O–H groups in total. The monoisotopic (exact) mass is 466 g/mol. The van der Waals surface area contributed by atoms with Crippen LogP contribution in [0.1, 0.15) is 105 Å². The Kier molecular flexibility index (Phi) is 5.51. The molecule has 186 valence electrons. The van der Waals surface area contributed by atoms with Crippen molar-refractivity contribution >= 4 is 8.07 Å². The Bertz CT molecular complexity index is 681. The lowest BCUT2D eigenvalue weighted by Gasteiger charge is -2.54. The van der Waals surface area contributed by atoms with Crippen LogP contribution in [0.5, 0.6) is 0 Å². The molecular formula is C32H54Si. The molecule has 1 heterocycles. The zero-order valence-corrected chi connectivity index (χ0v) is 23.5. The molecule has 7 fully saturated rings. The highest BCUT2D eigenvalue weighted by Crippen LogP contribution is 2.71. The molecule has 1 saturated heterocycles. The molecule has 7 aliphatic rings. The van der Waals surface area contributed by atoms with Gasteiger partial charge in [0, 0.05) is 0 Å². The summed E-state index contributed by atoms with van der Waals surface area (Å²) in [4.78, 5) is 0. The minimum atomic E-state index is -1.21. The molecule has 0 aromatic carbocycles. The van der Waals surface area contributed by atoms with Crippen molar-refractivity contribution < 1.29 is 0 Å². The zero-order valence-electron chi connectivity index (χ0n) is 22.5. The molecular weight excluding hydrogens is 412 g/mol. The van der Waals surface area contributed by atoms with Crippen molar-refractivity contribution in [2.45, 2.75) is 128 Å². The van der Waals surface area contributed by atoms with Crippen LogP contribution >= 0.6 is 0 Å². The third kappa shape index (κ3) is 2.99. The van der Waals surface area contributed by atoms with Crippen LogP contribution in [-0.2, 0) is 0 Å². The van der Waals surface area contributed by atoms with Crippen LogP contribution in [0.4, 0.5) is 0 Å². The molecule has 0 nitrogen and oxygen atoms in total. The van der Waals surface area contributed by atoms with E-state index in [1.807, 2.05) is 0 Å². The Labute approximate surface area is 206 Å². The SMILES string of the molecule is CC1C2CCCC2C(C)C2C1CCC2[Si]1(C2CCC3C(C)C4CCCC4C(C)C32)CCCC1. The van der Waals surface area contributed by atoms with E-state index in [9.17, 15) is 0 Å². The van der Waals surface area contributed by atoms with Gasteiger partial charge in [0.15, 0.2) is 0 Å². The second-order valence-corrected chi connectivity index (χ2v) is 20.2. The number of fused-ring (bicyclic) bond motifs is 4. The molecule has 6 saturated carbocycles. The van der Waals surface area contributed by atoms with Gasteiger partial charge in [-0.05, 0) is 121 Å². The Morgan fingerprint density at radius 2 is 0.788 bits per heavy atom. The average Bonchev–Trinajstić information content (AvgIpc) is 3.64. The van der Waals surface area contributed by atoms with Gasteiger partial charge in [0.2, 0.25) is 0 Å². The lowest BCUT2D eigenvalue weighted by atomic mass is 9.60. The van der Waals surface area contributed by atoms with Gasteiger partial charge in [-0.15, -0.1) is 0 Å². The highest BCUT2D eigenvalue weighted by atomic mass is 28.3. The van der Waals surface area contributed by atoms with E-state index in [-0.39, 0.29) is 0 Å². The first-order chi connectivity index (χ1) is 16.0. The van der Waals surface area contributed by atoms with E-state index in [2.05, 4.69) is 27.7 Å². The van der Waals surface area contributed by atoms with Crippen molar-refractivity contribution in [3.63, 3.8) is 0 Å². The van der Waals surface area contributed by atoms with Crippen molar-refractivity contribution in [2.24, 2.45) is 71.0 Å². The van der Waals surface area contributed by atoms with Crippen molar-refractivity contribution in [3.8, 4) is 0 Å². The van der Waals surface area contributed by atoms with Gasteiger partial charge in [-0.3, -0.25) is 0 Å². The minimum Gasteiger partial charge on any atom is -0.0620 e. The quantitative estimate of drug-likeness (QED) is 0.355. The van der Waals surface area contributed by atoms with E-state index in [4.69, 9.17) is 0 Å². The maximum atomic E-state index is 2.79. The van der Waals surface area contributed by atoms with E-state index >= 15 is 0 Å². The van der Waals surface area contributed by atoms with Crippen LogP contribution in [0.15, 0.2) is 0 Å². The predicted molar refractivity (Wildman–Crippen MR) is 143 cm³/mol. The standard InChI is InChI=1S/C32H54Si/c1-19-23-9-7-11-25(23)21(3)31-27(19)13-15-29(31)33(17-5-6-18-33)30-16-14-28-20(2)24-10-8-12-26(24)22(4)32(28)30/h19-32H,5-18H2,1-4H3. The molecule has 1 heteroatoms. The van der Waals surface area contributed by atoms with Gasteiger partial charge in [-0.25, -0.2) is 0 Å². The molecule has 0 bridgehead atoms. The summed E-state index contributed by atoms with van der Waals surface area (Å²) in [5.74, 6) is 13.2. The van der Waals surface area contributed by atoms with Crippen LogP contribution in [0.2, 0.25) is 23.2 Å². The molecule has 0 amide bonds. The van der Waals surface area contributed by atoms with Gasteiger partial charge in [0.1, 0.15) is 0 Å². The summed E-state index contributed by atoms with van der Waals surface area (Å²) in [6.45, 7) is 11.0. The van der Waals surface area contributed by atoms with Crippen molar-refractivity contribution in [1.29, 1.82) is 0 Å². The highest BCUT2D eigenvalue weighted by molar-refractivity contribution is 6.83. The van der Waals surface area contributed by atoms with Gasteiger partial charge in [-0.2, -0.15) is 0 Å². The van der Waals surface area contributed by atoms with Crippen LogP contribution < -0.4 is 0 Å². The summed E-state index contributed by atoms with van der Waals surface area (Å²) in [5, 5.41) is 0. The maximum Gasteiger partial charge on any atom is 0.0603 e. The first kappa shape index (κ1) is 22.4. The first-order valence-corrected chi connectivity index (χ1v) is 18.6. The first-order valence-electron chi connectivity index (χ1n) is 16.0. The van der Waals surface area contributed by atoms with E-state index in [0.29, 0.717) is 0 Å². The summed E-state index contributed by atoms with van der Waals surface area (Å²) in [6.07, 6.45) is 19.3. The molecule has 1 aliphatic heterocycles. The van der Waals surface area contributed by atoms with Crippen molar-refractivity contribution in [1.82, 2.24) is 0 Å². The van der Waals surface area contributed by atoms with E-state index in [1.165, 1.54) is 11.1 Å². The fourth-order valence-corrected chi connectivity index (χ4v) is 22.3. The largest absolute Gasteiger partial charge is 0.0620 e. The average molecular weight is 467 g/mol. The van der Waals surface area contributed by atoms with Gasteiger partial charge >= 0.3 is 0 Å². The Morgan fingerprint density at radius 3 is 1.21 bits per heavy atom. The third-order valence-electron chi connectivity index (χ3n) is 15.1. The molecule has 14 atom stereocenters. The normalized spacial score (nSPS) is 59.3. The van der Waals surface area contributed by atoms with Crippen molar-refractivity contribution in [2.75, 3.05) is 0 Å². The molecule has 0 radical (unpaired) electrons. The predicted octanol–water partition coefficient (Wildman–Crippen LogP) is 9.43. The number of hydrogen-bond acceptors (Lipinski definition) is 0. The minimum absolute atomic E-state index is 1.06. The Hall–Kier alpha value is 0.217. The van der Waals surface area contributed by atoms with Gasteiger partial charge in [0.25, 0.3) is 0 Å². The second kappa shape index (κ2) is 8.11. The second-order valence-electron chi connectivity index (χ2n) is 15.2. The summed E-state index contributed by atoms with van der Waals surface area (Å²) in [5.41, 5.74) is 2.47. The molecule has 0 aromatic heterocycles. The smallest absolute Gasteiger partial charge is 0.0603 e. The lowest BCUT2D eigenvalue weighted by Crippen LogP contribution is -2.52. The molecule has 14 unspecified atom stereocenters. The van der Waals surface area contributed by atoms with E-state index in [1.54, 1.807) is 89.1 Å². The summed E-state index contributed by atoms with van der Waals surface area (Å²) in [6, 6.07) is 3.53. The molecule has 0 spiro atoms. The van der Waals surface area contributed by atoms with E-state index in [0.717, 1.165) is 71.0 Å². The number of rotatable bonds is 2. The Balaban J connectivity index is 1.24. The summed E-state index contributed by atoms with van der Waals surface area (Å²) >= 11 is 0. The van der Waals surface area contributed by atoms with Gasteiger partial charge < -0.3 is 0 Å². The molecule has 0 aromatic rings. The highest BCUT2D eigenvalue weighted by Gasteiger charge is 2.64. The van der Waals surface area contributed by atoms with Crippen LogP contribution in [0.3, 0.4) is 0 Å². The maximum absolute atomic E-state index is 2.79.